The number of piperazine rings is 1. The number of likely N-dealkylation sites (N-methyl/N-ethyl adjacent to an activating group) is 1. The summed E-state index contributed by atoms with van der Waals surface area (Å²) in [5.41, 5.74) is 1.69. The Kier molecular flexibility index (Phi) is 8.38. The van der Waals surface area contributed by atoms with Crippen LogP contribution in [0.5, 0.6) is 0 Å². The monoisotopic (exact) mass is 396 g/mol. The van der Waals surface area contributed by atoms with E-state index in [9.17, 15) is 9.90 Å². The molecule has 1 aliphatic heterocycles. The van der Waals surface area contributed by atoms with Crippen molar-refractivity contribution < 1.29 is 14.6 Å². The normalized spacial score (nSPS) is 17.7. The topological polar surface area (TPSA) is 53.0 Å². The SMILES string of the molecule is CCN1CCN(CC(O)COC(Cc2ccccc2)C(=O)c2ccccc2)CC1. The first-order chi connectivity index (χ1) is 14.2. The van der Waals surface area contributed by atoms with E-state index in [1.807, 2.05) is 60.7 Å². The molecule has 0 saturated carbocycles. The highest BCUT2D eigenvalue weighted by Gasteiger charge is 2.24. The molecule has 1 fully saturated rings. The predicted octanol–water partition coefficient (Wildman–Crippen LogP) is 2.50. The summed E-state index contributed by atoms with van der Waals surface area (Å²) in [5, 5.41) is 10.5. The van der Waals surface area contributed by atoms with E-state index in [1.54, 1.807) is 0 Å². The first-order valence-electron chi connectivity index (χ1n) is 10.5. The third kappa shape index (κ3) is 6.75. The molecule has 0 aliphatic carbocycles. The Bertz CT molecular complexity index is 730. The molecule has 1 heterocycles. The van der Waals surface area contributed by atoms with E-state index < -0.39 is 12.2 Å². The van der Waals surface area contributed by atoms with Crippen LogP contribution < -0.4 is 0 Å². The van der Waals surface area contributed by atoms with Crippen LogP contribution in [-0.4, -0.2) is 78.8 Å². The first kappa shape index (κ1) is 21.7. The molecule has 0 spiro atoms. The highest BCUT2D eigenvalue weighted by Crippen LogP contribution is 2.13. The fourth-order valence-corrected chi connectivity index (χ4v) is 3.71. The van der Waals surface area contributed by atoms with Crippen molar-refractivity contribution in [2.24, 2.45) is 0 Å². The summed E-state index contributed by atoms with van der Waals surface area (Å²) in [6.07, 6.45) is -0.715. The van der Waals surface area contributed by atoms with Crippen molar-refractivity contribution in [3.8, 4) is 0 Å². The van der Waals surface area contributed by atoms with Gasteiger partial charge in [-0.3, -0.25) is 9.69 Å². The van der Waals surface area contributed by atoms with E-state index in [1.165, 1.54) is 0 Å². The maximum Gasteiger partial charge on any atom is 0.191 e. The van der Waals surface area contributed by atoms with E-state index in [2.05, 4.69) is 16.7 Å². The lowest BCUT2D eigenvalue weighted by atomic mass is 10.00. The molecule has 3 rings (SSSR count). The van der Waals surface area contributed by atoms with Gasteiger partial charge >= 0.3 is 0 Å². The molecule has 29 heavy (non-hydrogen) atoms. The van der Waals surface area contributed by atoms with Crippen LogP contribution in [0.2, 0.25) is 0 Å². The lowest BCUT2D eigenvalue weighted by Gasteiger charge is -2.35. The minimum absolute atomic E-state index is 0.0433. The first-order valence-corrected chi connectivity index (χ1v) is 10.5. The van der Waals surface area contributed by atoms with Crippen LogP contribution in [0, 0.1) is 0 Å². The minimum Gasteiger partial charge on any atom is -0.389 e. The quantitative estimate of drug-likeness (QED) is 0.626. The number of aliphatic hydroxyl groups is 1. The summed E-state index contributed by atoms with van der Waals surface area (Å²) in [4.78, 5) is 17.7. The second-order valence-electron chi connectivity index (χ2n) is 7.63. The number of carbonyl (C=O) groups excluding carboxylic acids is 1. The van der Waals surface area contributed by atoms with Gasteiger partial charge in [0.2, 0.25) is 0 Å². The van der Waals surface area contributed by atoms with Crippen LogP contribution in [0.4, 0.5) is 0 Å². The van der Waals surface area contributed by atoms with E-state index >= 15 is 0 Å². The molecule has 1 saturated heterocycles. The summed E-state index contributed by atoms with van der Waals surface area (Å²) in [6.45, 7) is 7.97. The van der Waals surface area contributed by atoms with Crippen LogP contribution in [0.3, 0.4) is 0 Å². The fourth-order valence-electron chi connectivity index (χ4n) is 3.71. The molecule has 5 nitrogen and oxygen atoms in total. The van der Waals surface area contributed by atoms with E-state index in [-0.39, 0.29) is 12.4 Å². The highest BCUT2D eigenvalue weighted by atomic mass is 16.5. The Morgan fingerprint density at radius 3 is 2.17 bits per heavy atom. The number of β-amino-alcohol motifs (C(OH)–C–C–N with tert-alkyl or cyclic N) is 1. The molecule has 1 N–H and O–H groups in total. The average Bonchev–Trinajstić information content (AvgIpc) is 2.78. The van der Waals surface area contributed by atoms with Crippen LogP contribution >= 0.6 is 0 Å². The zero-order chi connectivity index (χ0) is 20.5. The second kappa shape index (κ2) is 11.2. The maximum atomic E-state index is 13.0. The van der Waals surface area contributed by atoms with Gasteiger partial charge in [-0.05, 0) is 12.1 Å². The van der Waals surface area contributed by atoms with Crippen LogP contribution in [0.1, 0.15) is 22.8 Å². The number of Topliss-reactive ketones (excluding diaryl/α,β-unsaturated/α-hetero) is 1. The Labute approximate surface area is 173 Å². The van der Waals surface area contributed by atoms with Gasteiger partial charge in [-0.15, -0.1) is 0 Å². The second-order valence-corrected chi connectivity index (χ2v) is 7.63. The Morgan fingerprint density at radius 2 is 1.55 bits per heavy atom. The zero-order valence-electron chi connectivity index (χ0n) is 17.2. The number of rotatable bonds is 10. The van der Waals surface area contributed by atoms with Gasteiger partial charge in [0, 0.05) is 44.7 Å². The molecule has 1 aliphatic rings. The molecule has 2 atom stereocenters. The number of nitrogens with zero attached hydrogens (tertiary/aromatic N) is 2. The smallest absolute Gasteiger partial charge is 0.191 e. The van der Waals surface area contributed by atoms with E-state index in [4.69, 9.17) is 4.74 Å². The lowest BCUT2D eigenvalue weighted by molar-refractivity contribution is -0.0181. The summed E-state index contributed by atoms with van der Waals surface area (Å²) in [6, 6.07) is 19.1. The number of aliphatic hydroxyl groups excluding tert-OH is 1. The Balaban J connectivity index is 1.57. The van der Waals surface area contributed by atoms with Crippen molar-refractivity contribution in [2.45, 2.75) is 25.6 Å². The van der Waals surface area contributed by atoms with Crippen molar-refractivity contribution in [1.29, 1.82) is 0 Å². The van der Waals surface area contributed by atoms with Crippen LogP contribution in [-0.2, 0) is 11.2 Å². The number of carbonyl (C=O) groups is 1. The van der Waals surface area contributed by atoms with Gasteiger partial charge in [0.15, 0.2) is 5.78 Å². The number of hydrogen-bond acceptors (Lipinski definition) is 5. The largest absolute Gasteiger partial charge is 0.389 e. The Morgan fingerprint density at radius 1 is 0.966 bits per heavy atom. The third-order valence-corrected chi connectivity index (χ3v) is 5.49. The summed E-state index contributed by atoms with van der Waals surface area (Å²) in [7, 11) is 0. The van der Waals surface area contributed by atoms with Crippen LogP contribution in [0.25, 0.3) is 0 Å². The average molecular weight is 397 g/mol. The molecule has 2 aromatic carbocycles. The molecule has 0 amide bonds. The molecule has 0 bridgehead atoms. The fraction of sp³-hybridized carbons (Fsp3) is 0.458. The van der Waals surface area contributed by atoms with E-state index in [0.29, 0.717) is 18.5 Å². The molecule has 2 unspecified atom stereocenters. The van der Waals surface area contributed by atoms with Gasteiger partial charge in [-0.1, -0.05) is 67.6 Å². The Hall–Kier alpha value is -2.05. The third-order valence-electron chi connectivity index (χ3n) is 5.49. The number of benzene rings is 2. The van der Waals surface area contributed by atoms with Crippen molar-refractivity contribution in [3.05, 3.63) is 71.8 Å². The van der Waals surface area contributed by atoms with Crippen molar-refractivity contribution in [2.75, 3.05) is 45.9 Å². The van der Waals surface area contributed by atoms with Crippen molar-refractivity contribution in [1.82, 2.24) is 9.80 Å². The molecule has 0 aromatic heterocycles. The molecular formula is C24H32N2O3. The van der Waals surface area contributed by atoms with Gasteiger partial charge in [0.25, 0.3) is 0 Å². The van der Waals surface area contributed by atoms with Crippen molar-refractivity contribution >= 4 is 5.78 Å². The lowest BCUT2D eigenvalue weighted by Crippen LogP contribution is -2.49. The standard InChI is InChI=1S/C24H32N2O3/c1-2-25-13-15-26(16-14-25)18-22(27)19-29-23(17-20-9-5-3-6-10-20)24(28)21-11-7-4-8-12-21/h3-12,22-23,27H,2,13-19H2,1H3. The molecular weight excluding hydrogens is 364 g/mol. The number of ketones is 1. The van der Waals surface area contributed by atoms with E-state index in [0.717, 1.165) is 38.3 Å². The summed E-state index contributed by atoms with van der Waals surface area (Å²) in [5.74, 6) is -0.0433. The molecule has 156 valence electrons. The van der Waals surface area contributed by atoms with Gasteiger partial charge in [0.1, 0.15) is 6.10 Å². The predicted molar refractivity (Wildman–Crippen MR) is 115 cm³/mol. The van der Waals surface area contributed by atoms with Gasteiger partial charge in [0.05, 0.1) is 12.7 Å². The number of hydrogen-bond donors (Lipinski definition) is 1. The highest BCUT2D eigenvalue weighted by molar-refractivity contribution is 5.99. The molecule has 2 aromatic rings. The summed E-state index contributed by atoms with van der Waals surface area (Å²) < 4.78 is 5.97. The minimum atomic E-state index is -0.606. The number of ether oxygens (including phenoxy) is 1. The van der Waals surface area contributed by atoms with Crippen LogP contribution in [0.15, 0.2) is 60.7 Å². The summed E-state index contributed by atoms with van der Waals surface area (Å²) >= 11 is 0. The molecule has 5 heteroatoms. The molecule has 0 radical (unpaired) electrons. The maximum absolute atomic E-state index is 13.0. The zero-order valence-corrected chi connectivity index (χ0v) is 17.2. The van der Waals surface area contributed by atoms with Crippen molar-refractivity contribution in [3.63, 3.8) is 0 Å². The van der Waals surface area contributed by atoms with Gasteiger partial charge in [-0.25, -0.2) is 0 Å². The van der Waals surface area contributed by atoms with Gasteiger partial charge < -0.3 is 14.7 Å². The van der Waals surface area contributed by atoms with Gasteiger partial charge in [-0.2, -0.15) is 0 Å².